The Morgan fingerprint density at radius 2 is 2.44 bits per heavy atom. The molecule has 0 atom stereocenters. The number of fused-ring (bicyclic) bond motifs is 1. The van der Waals surface area contributed by atoms with Crippen molar-refractivity contribution in [1.82, 2.24) is 4.98 Å². The number of nitrogens with one attached hydrogen (secondary N) is 1. The number of aromatic nitrogens is 1. The predicted molar refractivity (Wildman–Crippen MR) is 43.9 cm³/mol. The first kappa shape index (κ1) is 5.50. The van der Waals surface area contributed by atoms with Crippen molar-refractivity contribution >= 4 is 37.5 Å². The van der Waals surface area contributed by atoms with Crippen LogP contribution in [0.1, 0.15) is 0 Å². The maximum absolute atomic E-state index is 3.35. The topological polar surface area (TPSA) is 15.8 Å². The molecule has 0 aliphatic rings. The average Bonchev–Trinajstić information content (AvgIpc) is 2.22. The third kappa shape index (κ3) is 0.804. The van der Waals surface area contributed by atoms with Crippen LogP contribution in [-0.2, 0) is 0 Å². The van der Waals surface area contributed by atoms with Gasteiger partial charge in [0.25, 0.3) is 0 Å². The summed E-state index contributed by atoms with van der Waals surface area (Å²) in [6, 6.07) is 4.16. The fraction of sp³-hybridized carbons (Fsp3) is 0. The SMILES string of the molecule is Brc1cc2sccc2[nH]1. The lowest BCUT2D eigenvalue weighted by molar-refractivity contribution is 1.42. The number of thiophene rings is 1. The predicted octanol–water partition coefficient (Wildman–Crippen LogP) is 2.99. The van der Waals surface area contributed by atoms with Crippen LogP contribution in [0.15, 0.2) is 22.1 Å². The highest BCUT2D eigenvalue weighted by atomic mass is 79.9. The van der Waals surface area contributed by atoms with Crippen molar-refractivity contribution in [3.8, 4) is 0 Å². The lowest BCUT2D eigenvalue weighted by Gasteiger charge is -1.72. The summed E-state index contributed by atoms with van der Waals surface area (Å²) in [4.78, 5) is 3.17. The van der Waals surface area contributed by atoms with E-state index in [2.05, 4.69) is 38.4 Å². The third-order valence-electron chi connectivity index (χ3n) is 1.21. The largest absolute Gasteiger partial charge is 0.349 e. The van der Waals surface area contributed by atoms with E-state index >= 15 is 0 Å². The van der Waals surface area contributed by atoms with E-state index in [0.29, 0.717) is 0 Å². The van der Waals surface area contributed by atoms with Gasteiger partial charge in [-0.3, -0.25) is 0 Å². The Hall–Kier alpha value is -0.280. The summed E-state index contributed by atoms with van der Waals surface area (Å²) in [5.41, 5.74) is 1.21. The van der Waals surface area contributed by atoms with Crippen LogP contribution in [0.25, 0.3) is 10.2 Å². The quantitative estimate of drug-likeness (QED) is 0.675. The van der Waals surface area contributed by atoms with E-state index < -0.39 is 0 Å². The first-order valence-corrected chi connectivity index (χ1v) is 4.25. The number of hydrogen-bond donors (Lipinski definition) is 1. The minimum absolute atomic E-state index is 1.06. The molecule has 0 fully saturated rings. The summed E-state index contributed by atoms with van der Waals surface area (Å²) in [7, 11) is 0. The molecular formula is C6H4BrNS. The van der Waals surface area contributed by atoms with Gasteiger partial charge < -0.3 is 4.98 Å². The molecule has 0 radical (unpaired) electrons. The molecule has 0 aliphatic heterocycles. The van der Waals surface area contributed by atoms with Gasteiger partial charge in [-0.1, -0.05) is 0 Å². The fourth-order valence-electron chi connectivity index (χ4n) is 0.816. The third-order valence-corrected chi connectivity index (χ3v) is 2.50. The van der Waals surface area contributed by atoms with Crippen LogP contribution >= 0.6 is 27.3 Å². The van der Waals surface area contributed by atoms with Crippen molar-refractivity contribution in [3.05, 3.63) is 22.1 Å². The summed E-state index contributed by atoms with van der Waals surface area (Å²) in [6.45, 7) is 0. The normalized spacial score (nSPS) is 10.8. The van der Waals surface area contributed by atoms with Gasteiger partial charge in [0.05, 0.1) is 14.8 Å². The van der Waals surface area contributed by atoms with Gasteiger partial charge in [0, 0.05) is 0 Å². The molecule has 46 valence electrons. The monoisotopic (exact) mass is 201 g/mol. The lowest BCUT2D eigenvalue weighted by atomic mass is 10.5. The number of hydrogen-bond acceptors (Lipinski definition) is 1. The highest BCUT2D eigenvalue weighted by molar-refractivity contribution is 9.10. The molecule has 1 nitrogen and oxygen atoms in total. The molecular weight excluding hydrogens is 198 g/mol. The van der Waals surface area contributed by atoms with Crippen LogP contribution in [-0.4, -0.2) is 4.98 Å². The zero-order valence-corrected chi connectivity index (χ0v) is 6.92. The molecule has 1 N–H and O–H groups in total. The van der Waals surface area contributed by atoms with E-state index in [0.717, 1.165) is 4.60 Å². The molecule has 0 amide bonds. The van der Waals surface area contributed by atoms with Gasteiger partial charge in [0.1, 0.15) is 0 Å². The van der Waals surface area contributed by atoms with Crippen LogP contribution in [0.2, 0.25) is 0 Å². The molecule has 0 saturated carbocycles. The maximum atomic E-state index is 3.35. The van der Waals surface area contributed by atoms with Gasteiger partial charge >= 0.3 is 0 Å². The Balaban J connectivity index is 2.92. The Labute approximate surface area is 64.8 Å². The van der Waals surface area contributed by atoms with Crippen LogP contribution < -0.4 is 0 Å². The molecule has 2 heterocycles. The van der Waals surface area contributed by atoms with Crippen molar-refractivity contribution < 1.29 is 0 Å². The molecule has 2 aromatic heterocycles. The summed E-state index contributed by atoms with van der Waals surface area (Å²) in [5, 5.41) is 2.08. The van der Waals surface area contributed by atoms with Crippen LogP contribution in [0, 0.1) is 0 Å². The fourth-order valence-corrected chi connectivity index (χ4v) is 2.19. The van der Waals surface area contributed by atoms with Crippen molar-refractivity contribution in [2.75, 3.05) is 0 Å². The zero-order chi connectivity index (χ0) is 6.27. The molecule has 0 bridgehead atoms. The van der Waals surface area contributed by atoms with Crippen molar-refractivity contribution in [3.63, 3.8) is 0 Å². The van der Waals surface area contributed by atoms with E-state index in [1.807, 2.05) is 0 Å². The van der Waals surface area contributed by atoms with Gasteiger partial charge in [0.15, 0.2) is 0 Å². The first-order valence-electron chi connectivity index (χ1n) is 2.58. The van der Waals surface area contributed by atoms with Crippen LogP contribution in [0.3, 0.4) is 0 Å². The van der Waals surface area contributed by atoms with E-state index in [4.69, 9.17) is 0 Å². The van der Waals surface area contributed by atoms with Crippen molar-refractivity contribution in [2.24, 2.45) is 0 Å². The molecule has 0 spiro atoms. The van der Waals surface area contributed by atoms with E-state index in [1.165, 1.54) is 10.2 Å². The van der Waals surface area contributed by atoms with Gasteiger partial charge in [-0.15, -0.1) is 11.3 Å². The van der Waals surface area contributed by atoms with Crippen molar-refractivity contribution in [2.45, 2.75) is 0 Å². The van der Waals surface area contributed by atoms with Crippen LogP contribution in [0.5, 0.6) is 0 Å². The summed E-state index contributed by atoms with van der Waals surface area (Å²) in [6.07, 6.45) is 0. The maximum Gasteiger partial charge on any atom is 0.0839 e. The molecule has 0 unspecified atom stereocenters. The molecule has 0 aromatic carbocycles. The van der Waals surface area contributed by atoms with E-state index in [-0.39, 0.29) is 0 Å². The molecule has 2 aromatic rings. The minimum Gasteiger partial charge on any atom is -0.349 e. The lowest BCUT2D eigenvalue weighted by Crippen LogP contribution is -1.55. The highest BCUT2D eigenvalue weighted by Crippen LogP contribution is 2.23. The number of rotatable bonds is 0. The molecule has 0 aliphatic carbocycles. The van der Waals surface area contributed by atoms with Gasteiger partial charge in [-0.05, 0) is 33.4 Å². The Kier molecular flexibility index (Phi) is 1.13. The number of H-pyrrole nitrogens is 1. The second-order valence-electron chi connectivity index (χ2n) is 1.82. The van der Waals surface area contributed by atoms with Crippen molar-refractivity contribution in [1.29, 1.82) is 0 Å². The number of aromatic amines is 1. The van der Waals surface area contributed by atoms with Gasteiger partial charge in [-0.2, -0.15) is 0 Å². The summed E-state index contributed by atoms with van der Waals surface area (Å²) < 4.78 is 2.37. The molecule has 9 heavy (non-hydrogen) atoms. The second kappa shape index (κ2) is 1.85. The van der Waals surface area contributed by atoms with Crippen LogP contribution in [0.4, 0.5) is 0 Å². The van der Waals surface area contributed by atoms with Gasteiger partial charge in [0.2, 0.25) is 0 Å². The molecule has 2 rings (SSSR count). The average molecular weight is 202 g/mol. The first-order chi connectivity index (χ1) is 4.36. The Bertz CT molecular complexity index is 294. The second-order valence-corrected chi connectivity index (χ2v) is 3.62. The smallest absolute Gasteiger partial charge is 0.0839 e. The number of halogens is 1. The molecule has 0 saturated heterocycles. The summed E-state index contributed by atoms with van der Waals surface area (Å²) in [5.74, 6) is 0. The van der Waals surface area contributed by atoms with Gasteiger partial charge in [-0.25, -0.2) is 0 Å². The minimum atomic E-state index is 1.06. The Morgan fingerprint density at radius 1 is 1.56 bits per heavy atom. The van der Waals surface area contributed by atoms with E-state index in [1.54, 1.807) is 11.3 Å². The molecule has 3 heteroatoms. The standard InChI is InChI=1S/C6H4BrNS/c7-6-3-5-4(8-6)1-2-9-5/h1-3,8H. The highest BCUT2D eigenvalue weighted by Gasteiger charge is 1.96. The zero-order valence-electron chi connectivity index (χ0n) is 4.52. The Morgan fingerprint density at radius 3 is 3.22 bits per heavy atom. The van der Waals surface area contributed by atoms with E-state index in [9.17, 15) is 0 Å². The summed E-state index contributed by atoms with van der Waals surface area (Å²) >= 11 is 5.10.